The molecule has 128 valence electrons. The van der Waals surface area contributed by atoms with E-state index in [0.717, 1.165) is 0 Å². The predicted molar refractivity (Wildman–Crippen MR) is 47.7 cm³/mol. The van der Waals surface area contributed by atoms with Gasteiger partial charge < -0.3 is 36.4 Å². The standard InChI is InChI=1S/Al.Li.4H2O4S.Ti/c;;4*1-5(2,3)4;/h;;4*(H2,1,2,3,4);/q+3;+1;;;;;+4/p-8. The first-order valence-corrected chi connectivity index (χ1v) is 8.00. The van der Waals surface area contributed by atoms with E-state index in [9.17, 15) is 0 Å². The molecule has 0 heterocycles. The van der Waals surface area contributed by atoms with Gasteiger partial charge in [0.05, 0.1) is 0 Å². The molecule has 0 aliphatic rings. The monoisotopic (exact) mass is 466 g/mol. The molecule has 16 nitrogen and oxygen atoms in total. The van der Waals surface area contributed by atoms with Crippen molar-refractivity contribution >= 4 is 59.0 Å². The molecule has 23 heavy (non-hydrogen) atoms. The average Bonchev–Trinajstić information content (AvgIpc) is 1.62. The van der Waals surface area contributed by atoms with E-state index in [-0.39, 0.29) is 57.9 Å². The van der Waals surface area contributed by atoms with E-state index in [4.69, 9.17) is 70.1 Å². The van der Waals surface area contributed by atoms with Crippen LogP contribution >= 0.6 is 0 Å². The summed E-state index contributed by atoms with van der Waals surface area (Å²) in [6, 6.07) is 0. The SMILES string of the molecule is O=S(=O)([O-])[O-].O=S(=O)([O-])[O-].O=S(=O)([O-])[O-].O=S(=O)([O-])[O-].[Al+3].[Li+].[Ti+4]. The first-order chi connectivity index (χ1) is 8.00. The van der Waals surface area contributed by atoms with Crippen molar-refractivity contribution in [2.24, 2.45) is 0 Å². The summed E-state index contributed by atoms with van der Waals surface area (Å²) in [4.78, 5) is 0. The van der Waals surface area contributed by atoms with Crippen LogP contribution in [-0.2, 0) is 63.3 Å². The maximum atomic E-state index is 8.52. The van der Waals surface area contributed by atoms with E-state index < -0.39 is 41.6 Å². The molecule has 23 heteroatoms. The Hall–Kier alpha value is 1.32. The number of hydrogen-bond donors (Lipinski definition) is 0. The van der Waals surface area contributed by atoms with Gasteiger partial charge in [-0.15, -0.1) is 0 Å². The molecule has 0 aliphatic heterocycles. The van der Waals surface area contributed by atoms with E-state index in [2.05, 4.69) is 0 Å². The Kier molecular flexibility index (Phi) is 34.7. The summed E-state index contributed by atoms with van der Waals surface area (Å²) in [5.41, 5.74) is 0. The zero-order valence-corrected chi connectivity index (χ0v) is 16.2. The Morgan fingerprint density at radius 3 is 0.391 bits per heavy atom. The van der Waals surface area contributed by atoms with Gasteiger partial charge in [0.15, 0.2) is 0 Å². The van der Waals surface area contributed by atoms with Crippen LogP contribution in [0.5, 0.6) is 0 Å². The molecule has 0 N–H and O–H groups in total. The first kappa shape index (κ1) is 44.1. The largest absolute Gasteiger partial charge is 4.00 e. The zero-order chi connectivity index (χ0) is 18.0. The van der Waals surface area contributed by atoms with Crippen molar-refractivity contribution in [2.45, 2.75) is 0 Å². The molecular formula is AlLiO16S4Ti. The number of rotatable bonds is 0. The van der Waals surface area contributed by atoms with Gasteiger partial charge in [0.2, 0.25) is 0 Å². The van der Waals surface area contributed by atoms with Crippen molar-refractivity contribution in [3.8, 4) is 0 Å². The van der Waals surface area contributed by atoms with Gasteiger partial charge in [-0.2, -0.15) is 0 Å². The molecule has 0 radical (unpaired) electrons. The maximum absolute atomic E-state index is 8.52. The molecule has 0 amide bonds. The van der Waals surface area contributed by atoms with Crippen LogP contribution in [0.15, 0.2) is 0 Å². The predicted octanol–water partition coefficient (Wildman–Crippen LogP) is -8.73. The van der Waals surface area contributed by atoms with Crippen LogP contribution < -0.4 is 18.9 Å². The van der Waals surface area contributed by atoms with Gasteiger partial charge in [-0.05, 0) is 0 Å². The molecule has 0 aromatic rings. The van der Waals surface area contributed by atoms with Crippen LogP contribution in [0.1, 0.15) is 0 Å². The van der Waals surface area contributed by atoms with Gasteiger partial charge in [0.25, 0.3) is 0 Å². The molecule has 0 aromatic carbocycles. The zero-order valence-electron chi connectivity index (χ0n) is 10.2. The Morgan fingerprint density at radius 2 is 0.391 bits per heavy atom. The summed E-state index contributed by atoms with van der Waals surface area (Å²) >= 11 is 0. The van der Waals surface area contributed by atoms with Gasteiger partial charge >= 0.3 is 57.9 Å². The minimum absolute atomic E-state index is 0. The summed E-state index contributed by atoms with van der Waals surface area (Å²) in [7, 11) is -20.7. The fourth-order valence-corrected chi connectivity index (χ4v) is 0. The average molecular weight is 466 g/mol. The van der Waals surface area contributed by atoms with E-state index in [0.29, 0.717) is 0 Å². The summed E-state index contributed by atoms with van der Waals surface area (Å²) < 4.78 is 136. The van der Waals surface area contributed by atoms with Crippen LogP contribution in [-0.4, -0.2) is 87.5 Å². The normalized spacial score (nSPS) is 10.1. The van der Waals surface area contributed by atoms with E-state index in [1.807, 2.05) is 0 Å². The van der Waals surface area contributed by atoms with Gasteiger partial charge in [-0.3, -0.25) is 33.7 Å². The Labute approximate surface area is 168 Å². The fourth-order valence-electron chi connectivity index (χ4n) is 0. The second-order valence-electron chi connectivity index (χ2n) is 1.63. The van der Waals surface area contributed by atoms with Crippen molar-refractivity contribution in [3.05, 3.63) is 0 Å². The smallest absolute Gasteiger partial charge is 0.759 e. The first-order valence-electron chi connectivity index (χ1n) is 2.67. The molecule has 0 aromatic heterocycles. The van der Waals surface area contributed by atoms with E-state index >= 15 is 0 Å². The van der Waals surface area contributed by atoms with Gasteiger partial charge in [0.1, 0.15) is 0 Å². The van der Waals surface area contributed by atoms with Crippen molar-refractivity contribution in [3.63, 3.8) is 0 Å². The second-order valence-corrected chi connectivity index (χ2v) is 4.90. The summed E-state index contributed by atoms with van der Waals surface area (Å²) in [6.07, 6.45) is 0. The third kappa shape index (κ3) is 6050. The molecule has 0 unspecified atom stereocenters. The molecule has 0 spiro atoms. The molecule has 0 saturated carbocycles. The maximum Gasteiger partial charge on any atom is 4.00 e. The molecule has 0 aliphatic carbocycles. The third-order valence-corrected chi connectivity index (χ3v) is 0. The molecular weight excluding hydrogens is 466 g/mol. The molecule has 0 bridgehead atoms. The molecule has 0 rings (SSSR count). The second kappa shape index (κ2) is 18.1. The number of hydrogen-bond acceptors (Lipinski definition) is 16. The summed E-state index contributed by atoms with van der Waals surface area (Å²) in [6.45, 7) is 0. The topological polar surface area (TPSA) is 321 Å². The Bertz CT molecular complexity index is 485. The van der Waals surface area contributed by atoms with Gasteiger partial charge in [0, 0.05) is 41.6 Å². The van der Waals surface area contributed by atoms with E-state index in [1.165, 1.54) is 0 Å². The Balaban J connectivity index is -0.0000000284. The van der Waals surface area contributed by atoms with Crippen molar-refractivity contribution in [2.75, 3.05) is 0 Å². The van der Waals surface area contributed by atoms with Crippen LogP contribution in [0.2, 0.25) is 0 Å². The third-order valence-electron chi connectivity index (χ3n) is 0. The quantitative estimate of drug-likeness (QED) is 0.182. The fraction of sp³-hybridized carbons (Fsp3) is 0. The minimum Gasteiger partial charge on any atom is -0.759 e. The molecule has 0 fully saturated rings. The van der Waals surface area contributed by atoms with Crippen molar-refractivity contribution in [1.82, 2.24) is 0 Å². The van der Waals surface area contributed by atoms with Crippen LogP contribution in [0, 0.1) is 0 Å². The van der Waals surface area contributed by atoms with Gasteiger partial charge in [-0.25, -0.2) is 0 Å². The van der Waals surface area contributed by atoms with Crippen LogP contribution in [0.25, 0.3) is 0 Å². The minimum atomic E-state index is -5.17. The van der Waals surface area contributed by atoms with E-state index in [1.54, 1.807) is 0 Å². The van der Waals surface area contributed by atoms with Crippen molar-refractivity contribution in [1.29, 1.82) is 0 Å². The molecule has 0 atom stereocenters. The summed E-state index contributed by atoms with van der Waals surface area (Å²) in [5.74, 6) is 0. The van der Waals surface area contributed by atoms with Crippen molar-refractivity contribution < 1.29 is 111 Å². The Morgan fingerprint density at radius 1 is 0.391 bits per heavy atom. The van der Waals surface area contributed by atoms with Crippen LogP contribution in [0.4, 0.5) is 0 Å². The van der Waals surface area contributed by atoms with Gasteiger partial charge in [-0.1, -0.05) is 0 Å². The molecule has 0 saturated heterocycles. The summed E-state index contributed by atoms with van der Waals surface area (Å²) in [5, 5.41) is 0. The van der Waals surface area contributed by atoms with Crippen LogP contribution in [0.3, 0.4) is 0 Å².